The van der Waals surface area contributed by atoms with Crippen LogP contribution in [0.4, 0.5) is 0 Å². The second-order valence-electron chi connectivity index (χ2n) is 7.20. The van der Waals surface area contributed by atoms with E-state index in [9.17, 15) is 9.90 Å². The van der Waals surface area contributed by atoms with Crippen LogP contribution in [0.3, 0.4) is 0 Å². The van der Waals surface area contributed by atoms with E-state index in [1.807, 2.05) is 0 Å². The molecule has 0 aliphatic rings. The van der Waals surface area contributed by atoms with E-state index in [-0.39, 0.29) is 11.6 Å². The molecular formula is C22H19N7O3. The number of amides is 1. The molecule has 10 nitrogen and oxygen atoms in total. The molecule has 32 heavy (non-hydrogen) atoms. The fourth-order valence-corrected chi connectivity index (χ4v) is 2.94. The average molecular weight is 429 g/mol. The van der Waals surface area contributed by atoms with Gasteiger partial charge in [-0.15, -0.1) is 10.2 Å². The third-order valence-electron chi connectivity index (χ3n) is 4.58. The number of hydrogen-bond acceptors (Lipinski definition) is 8. The highest BCUT2D eigenvalue weighted by Gasteiger charge is 2.27. The predicted molar refractivity (Wildman–Crippen MR) is 114 cm³/mol. The maximum atomic E-state index is 11.8. The van der Waals surface area contributed by atoms with Crippen LogP contribution in [0.1, 0.15) is 34.8 Å². The molecular weight excluding hydrogens is 410 g/mol. The minimum absolute atomic E-state index is 0.0111. The first-order chi connectivity index (χ1) is 15.2. The zero-order valence-corrected chi connectivity index (χ0v) is 17.6. The average Bonchev–Trinajstić information content (AvgIpc) is 3.41. The highest BCUT2D eigenvalue weighted by atomic mass is 16.4. The Morgan fingerprint density at radius 3 is 2.69 bits per heavy atom. The number of aryl methyl sites for hydroxylation is 2. The monoisotopic (exact) mass is 429 g/mol. The summed E-state index contributed by atoms with van der Waals surface area (Å²) in [6.07, 6.45) is 1.63. The lowest BCUT2D eigenvalue weighted by Gasteiger charge is -2.10. The molecule has 10 heteroatoms. The van der Waals surface area contributed by atoms with Crippen LogP contribution in [-0.4, -0.2) is 41.0 Å². The topological polar surface area (TPSA) is 146 Å². The van der Waals surface area contributed by atoms with Crippen LogP contribution in [0.15, 0.2) is 47.0 Å². The van der Waals surface area contributed by atoms with Gasteiger partial charge in [-0.1, -0.05) is 24.0 Å². The molecule has 4 aromatic rings. The number of primary amides is 1. The second kappa shape index (κ2) is 8.05. The van der Waals surface area contributed by atoms with Crippen LogP contribution in [-0.2, 0) is 12.6 Å². The van der Waals surface area contributed by atoms with Gasteiger partial charge in [0, 0.05) is 31.3 Å². The highest BCUT2D eigenvalue weighted by Crippen LogP contribution is 2.23. The van der Waals surface area contributed by atoms with Crippen molar-refractivity contribution in [3.63, 3.8) is 0 Å². The number of nitrogens with zero attached hydrogens (tertiary/aromatic N) is 6. The second-order valence-corrected chi connectivity index (χ2v) is 7.20. The first-order valence-electron chi connectivity index (χ1n) is 9.57. The van der Waals surface area contributed by atoms with Gasteiger partial charge in [-0.05, 0) is 31.2 Å². The number of rotatable bonds is 4. The largest absolute Gasteiger partial charge is 0.421 e. The Hall–Kier alpha value is -4.36. The lowest BCUT2D eigenvalue weighted by molar-refractivity contribution is 0.0881. The fourth-order valence-electron chi connectivity index (χ4n) is 2.94. The van der Waals surface area contributed by atoms with Gasteiger partial charge < -0.3 is 15.3 Å². The van der Waals surface area contributed by atoms with E-state index >= 15 is 0 Å². The Morgan fingerprint density at radius 2 is 2.03 bits per heavy atom. The summed E-state index contributed by atoms with van der Waals surface area (Å²) in [5.74, 6) is 5.62. The van der Waals surface area contributed by atoms with Crippen LogP contribution < -0.4 is 5.73 Å². The van der Waals surface area contributed by atoms with Gasteiger partial charge in [-0.2, -0.15) is 5.10 Å². The van der Waals surface area contributed by atoms with Crippen LogP contribution in [0.25, 0.3) is 22.8 Å². The number of aliphatic hydroxyl groups is 1. The van der Waals surface area contributed by atoms with E-state index in [1.165, 1.54) is 13.0 Å². The van der Waals surface area contributed by atoms with E-state index in [0.717, 1.165) is 0 Å². The van der Waals surface area contributed by atoms with Crippen molar-refractivity contribution in [2.24, 2.45) is 12.8 Å². The number of carbonyl (C=O) groups excluding carboxylic acids is 1. The number of carbonyl (C=O) groups is 1. The van der Waals surface area contributed by atoms with Crippen molar-refractivity contribution >= 4 is 5.91 Å². The Kier molecular flexibility index (Phi) is 5.26. The maximum Gasteiger partial charge on any atom is 0.267 e. The van der Waals surface area contributed by atoms with E-state index in [4.69, 9.17) is 10.2 Å². The molecule has 0 saturated heterocycles. The molecule has 1 aromatic carbocycles. The van der Waals surface area contributed by atoms with Crippen molar-refractivity contribution in [2.45, 2.75) is 19.4 Å². The molecule has 0 radical (unpaired) electrons. The Balaban J connectivity index is 1.73. The van der Waals surface area contributed by atoms with Crippen LogP contribution >= 0.6 is 0 Å². The smallest absolute Gasteiger partial charge is 0.267 e. The third-order valence-corrected chi connectivity index (χ3v) is 4.58. The molecule has 3 heterocycles. The molecule has 3 aromatic heterocycles. The lowest BCUT2D eigenvalue weighted by Crippen LogP contribution is -2.19. The summed E-state index contributed by atoms with van der Waals surface area (Å²) >= 11 is 0. The quantitative estimate of drug-likeness (QED) is 0.465. The van der Waals surface area contributed by atoms with Gasteiger partial charge in [-0.3, -0.25) is 9.48 Å². The number of benzene rings is 1. The van der Waals surface area contributed by atoms with Gasteiger partial charge in [0.1, 0.15) is 5.69 Å². The third kappa shape index (κ3) is 4.23. The number of aromatic nitrogens is 6. The number of nitrogens with two attached hydrogens (primary N) is 1. The summed E-state index contributed by atoms with van der Waals surface area (Å²) < 4.78 is 6.92. The molecule has 0 unspecified atom stereocenters. The molecule has 3 N–H and O–H groups in total. The molecule has 0 aliphatic carbocycles. The van der Waals surface area contributed by atoms with Gasteiger partial charge >= 0.3 is 0 Å². The summed E-state index contributed by atoms with van der Waals surface area (Å²) in [6, 6.07) is 10.4. The minimum atomic E-state index is -1.62. The van der Waals surface area contributed by atoms with Crippen molar-refractivity contribution in [1.29, 1.82) is 0 Å². The molecule has 1 amide bonds. The summed E-state index contributed by atoms with van der Waals surface area (Å²) in [7, 11) is 1.77. The Bertz CT molecular complexity index is 1380. The molecule has 0 fully saturated rings. The fraction of sp³-hybridized carbons (Fsp3) is 0.182. The van der Waals surface area contributed by atoms with Crippen LogP contribution in [0, 0.1) is 18.8 Å². The molecule has 0 saturated carbocycles. The van der Waals surface area contributed by atoms with Gasteiger partial charge in [0.2, 0.25) is 11.5 Å². The van der Waals surface area contributed by atoms with E-state index in [0.29, 0.717) is 34.2 Å². The van der Waals surface area contributed by atoms with Gasteiger partial charge in [-0.25, -0.2) is 9.97 Å². The minimum Gasteiger partial charge on any atom is -0.421 e. The molecule has 1 atom stereocenters. The Labute approximate surface area is 183 Å². The standard InChI is InChI=1S/C22H19N7O3/c1-13-27-28-21(32-13)22(2,31)9-7-14-5-4-6-15(11-14)20-25-16(12-17(26-20)19(23)30)18-8-10-24-29(18)3/h4-6,8,10-12,31H,1-3H3,(H2,23,30)/t22-/m1/s1. The zero-order chi connectivity index (χ0) is 22.9. The summed E-state index contributed by atoms with van der Waals surface area (Å²) in [6.45, 7) is 3.10. The van der Waals surface area contributed by atoms with Crippen molar-refractivity contribution < 1.29 is 14.3 Å². The molecule has 4 rings (SSSR count). The Morgan fingerprint density at radius 1 is 1.22 bits per heavy atom. The van der Waals surface area contributed by atoms with Crippen molar-refractivity contribution in [2.75, 3.05) is 0 Å². The molecule has 0 bridgehead atoms. The first-order valence-corrected chi connectivity index (χ1v) is 9.57. The first kappa shape index (κ1) is 20.9. The van der Waals surface area contributed by atoms with E-state index in [2.05, 4.69) is 37.1 Å². The van der Waals surface area contributed by atoms with E-state index < -0.39 is 11.5 Å². The predicted octanol–water partition coefficient (Wildman–Crippen LogP) is 1.59. The van der Waals surface area contributed by atoms with Crippen LogP contribution in [0.2, 0.25) is 0 Å². The highest BCUT2D eigenvalue weighted by molar-refractivity contribution is 5.92. The molecule has 0 aliphatic heterocycles. The molecule has 0 spiro atoms. The molecule has 160 valence electrons. The summed E-state index contributed by atoms with van der Waals surface area (Å²) in [5, 5.41) is 22.2. The van der Waals surface area contributed by atoms with Crippen molar-refractivity contribution in [3.8, 4) is 34.6 Å². The SMILES string of the molecule is Cc1nnc([C@](C)(O)C#Cc2cccc(-c3nc(C(N)=O)cc(-c4ccnn4C)n3)c2)o1. The summed E-state index contributed by atoms with van der Waals surface area (Å²) in [5.41, 5.74) is 6.37. The van der Waals surface area contributed by atoms with Gasteiger partial charge in [0.05, 0.1) is 11.4 Å². The van der Waals surface area contributed by atoms with Crippen LogP contribution in [0.5, 0.6) is 0 Å². The lowest BCUT2D eigenvalue weighted by atomic mass is 10.1. The van der Waals surface area contributed by atoms with Gasteiger partial charge in [0.25, 0.3) is 11.8 Å². The number of hydrogen-bond donors (Lipinski definition) is 2. The van der Waals surface area contributed by atoms with Crippen molar-refractivity contribution in [3.05, 3.63) is 65.6 Å². The van der Waals surface area contributed by atoms with Crippen molar-refractivity contribution in [1.82, 2.24) is 29.9 Å². The summed E-state index contributed by atoms with van der Waals surface area (Å²) in [4.78, 5) is 20.7. The zero-order valence-electron chi connectivity index (χ0n) is 17.6. The normalized spacial score (nSPS) is 12.6. The van der Waals surface area contributed by atoms with E-state index in [1.54, 1.807) is 55.2 Å². The van der Waals surface area contributed by atoms with Gasteiger partial charge in [0.15, 0.2) is 5.82 Å². The maximum absolute atomic E-state index is 11.8.